The molecule has 4 nitrogen and oxygen atoms in total. The SMILES string of the molecule is O=C(CCCc1c(-c2ccc3ccccc3n2)[nH]c2ccc(F)cc12)Nc1cc(C(F)(F)F)ccc1Cl. The Balaban J connectivity index is 1.38. The number of para-hydroxylation sites is 1. The first-order valence-electron chi connectivity index (χ1n) is 11.5. The summed E-state index contributed by atoms with van der Waals surface area (Å²) in [4.78, 5) is 20.6. The van der Waals surface area contributed by atoms with Gasteiger partial charge >= 0.3 is 6.18 Å². The highest BCUT2D eigenvalue weighted by molar-refractivity contribution is 6.33. The summed E-state index contributed by atoms with van der Waals surface area (Å²) in [5.74, 6) is -0.861. The molecule has 1 amide bonds. The molecule has 5 rings (SSSR count). The number of rotatable bonds is 6. The summed E-state index contributed by atoms with van der Waals surface area (Å²) < 4.78 is 53.2. The molecule has 0 aliphatic carbocycles. The Morgan fingerprint density at radius 3 is 2.62 bits per heavy atom. The number of nitrogens with zero attached hydrogens (tertiary/aromatic N) is 1. The summed E-state index contributed by atoms with van der Waals surface area (Å²) in [6, 6.07) is 18.8. The number of alkyl halides is 3. The quantitative estimate of drug-likeness (QED) is 0.220. The van der Waals surface area contributed by atoms with Gasteiger partial charge in [0.15, 0.2) is 0 Å². The van der Waals surface area contributed by atoms with Gasteiger partial charge in [-0.15, -0.1) is 0 Å². The number of aryl methyl sites for hydroxylation is 1. The van der Waals surface area contributed by atoms with Gasteiger partial charge in [-0.2, -0.15) is 13.2 Å². The van der Waals surface area contributed by atoms with E-state index in [0.29, 0.717) is 23.9 Å². The Hall–Kier alpha value is -3.91. The van der Waals surface area contributed by atoms with Crippen LogP contribution < -0.4 is 5.32 Å². The number of H-pyrrole nitrogens is 1. The van der Waals surface area contributed by atoms with Crippen LogP contribution in [-0.2, 0) is 17.4 Å². The number of carbonyl (C=O) groups is 1. The van der Waals surface area contributed by atoms with E-state index in [4.69, 9.17) is 16.6 Å². The van der Waals surface area contributed by atoms with E-state index in [-0.39, 0.29) is 22.9 Å². The van der Waals surface area contributed by atoms with Crippen LogP contribution in [0.25, 0.3) is 33.2 Å². The topological polar surface area (TPSA) is 57.8 Å². The highest BCUT2D eigenvalue weighted by Crippen LogP contribution is 2.35. The van der Waals surface area contributed by atoms with Gasteiger partial charge in [-0.25, -0.2) is 9.37 Å². The van der Waals surface area contributed by atoms with Crippen molar-refractivity contribution in [3.05, 3.63) is 94.8 Å². The van der Waals surface area contributed by atoms with E-state index in [9.17, 15) is 22.4 Å². The zero-order valence-electron chi connectivity index (χ0n) is 19.3. The normalized spacial score (nSPS) is 11.8. The molecule has 9 heteroatoms. The van der Waals surface area contributed by atoms with Crippen LogP contribution in [0.1, 0.15) is 24.0 Å². The highest BCUT2D eigenvalue weighted by Gasteiger charge is 2.31. The number of carbonyl (C=O) groups excluding carboxylic acids is 1. The summed E-state index contributed by atoms with van der Waals surface area (Å²) in [7, 11) is 0. The van der Waals surface area contributed by atoms with Crippen LogP contribution >= 0.6 is 11.6 Å². The van der Waals surface area contributed by atoms with Crippen molar-refractivity contribution in [1.82, 2.24) is 9.97 Å². The smallest absolute Gasteiger partial charge is 0.353 e. The lowest BCUT2D eigenvalue weighted by Gasteiger charge is -2.12. The number of aromatic amines is 1. The van der Waals surface area contributed by atoms with Gasteiger partial charge in [0.25, 0.3) is 0 Å². The summed E-state index contributed by atoms with van der Waals surface area (Å²) >= 11 is 5.99. The summed E-state index contributed by atoms with van der Waals surface area (Å²) in [5, 5.41) is 4.15. The molecule has 0 aliphatic heterocycles. The van der Waals surface area contributed by atoms with Crippen molar-refractivity contribution in [2.75, 3.05) is 5.32 Å². The van der Waals surface area contributed by atoms with E-state index in [0.717, 1.165) is 45.9 Å². The fraction of sp³-hybridized carbons (Fsp3) is 0.143. The zero-order valence-corrected chi connectivity index (χ0v) is 20.1. The van der Waals surface area contributed by atoms with Crippen LogP contribution in [0.15, 0.2) is 72.8 Å². The Labute approximate surface area is 214 Å². The number of benzene rings is 3. The fourth-order valence-electron chi connectivity index (χ4n) is 4.34. The molecule has 0 spiro atoms. The van der Waals surface area contributed by atoms with E-state index in [1.165, 1.54) is 12.1 Å². The van der Waals surface area contributed by atoms with Gasteiger partial charge in [-0.3, -0.25) is 4.79 Å². The maximum atomic E-state index is 14.1. The maximum Gasteiger partial charge on any atom is 0.416 e. The highest BCUT2D eigenvalue weighted by atomic mass is 35.5. The van der Waals surface area contributed by atoms with Crippen molar-refractivity contribution < 1.29 is 22.4 Å². The second kappa shape index (κ2) is 9.86. The second-order valence-electron chi connectivity index (χ2n) is 8.65. The number of hydrogen-bond donors (Lipinski definition) is 2. The van der Waals surface area contributed by atoms with E-state index in [1.54, 1.807) is 6.07 Å². The van der Waals surface area contributed by atoms with Gasteiger partial charge in [0.05, 0.1) is 33.2 Å². The lowest BCUT2D eigenvalue weighted by Crippen LogP contribution is -2.13. The number of fused-ring (bicyclic) bond motifs is 2. The lowest BCUT2D eigenvalue weighted by atomic mass is 10.0. The molecule has 0 aliphatic rings. The third-order valence-electron chi connectivity index (χ3n) is 6.12. The van der Waals surface area contributed by atoms with E-state index < -0.39 is 17.6 Å². The van der Waals surface area contributed by atoms with Crippen LogP contribution in [0.4, 0.5) is 23.2 Å². The number of halogens is 5. The van der Waals surface area contributed by atoms with Crippen LogP contribution in [0.2, 0.25) is 5.02 Å². The Bertz CT molecular complexity index is 1630. The monoisotopic (exact) mass is 525 g/mol. The minimum atomic E-state index is -4.55. The third-order valence-corrected chi connectivity index (χ3v) is 6.45. The van der Waals surface area contributed by atoms with Crippen LogP contribution in [0, 0.1) is 5.82 Å². The van der Waals surface area contributed by atoms with Crippen molar-refractivity contribution in [1.29, 1.82) is 0 Å². The van der Waals surface area contributed by atoms with Crippen molar-refractivity contribution in [2.24, 2.45) is 0 Å². The van der Waals surface area contributed by atoms with Gasteiger partial charge < -0.3 is 10.3 Å². The Morgan fingerprint density at radius 1 is 1.00 bits per heavy atom. The minimum Gasteiger partial charge on any atom is -0.353 e. The van der Waals surface area contributed by atoms with Gasteiger partial charge in [0.2, 0.25) is 5.91 Å². The first kappa shape index (κ1) is 24.8. The van der Waals surface area contributed by atoms with E-state index >= 15 is 0 Å². The van der Waals surface area contributed by atoms with Crippen molar-refractivity contribution in [3.8, 4) is 11.4 Å². The minimum absolute atomic E-state index is 0.0121. The molecule has 2 N–H and O–H groups in total. The molecule has 5 aromatic rings. The largest absolute Gasteiger partial charge is 0.416 e. The fourth-order valence-corrected chi connectivity index (χ4v) is 4.50. The lowest BCUT2D eigenvalue weighted by molar-refractivity contribution is -0.137. The second-order valence-corrected chi connectivity index (χ2v) is 9.06. The Kier molecular flexibility index (Phi) is 6.60. The maximum absolute atomic E-state index is 14.1. The molecule has 0 saturated carbocycles. The molecular weight excluding hydrogens is 506 g/mol. The number of aromatic nitrogens is 2. The molecule has 3 aromatic carbocycles. The van der Waals surface area contributed by atoms with Crippen molar-refractivity contribution in [3.63, 3.8) is 0 Å². The number of nitrogens with one attached hydrogen (secondary N) is 2. The predicted octanol–water partition coefficient (Wildman–Crippen LogP) is 8.16. The molecule has 0 fully saturated rings. The summed E-state index contributed by atoms with van der Waals surface area (Å²) in [5.41, 5.74) is 2.77. The van der Waals surface area contributed by atoms with E-state index in [1.807, 2.05) is 36.4 Å². The van der Waals surface area contributed by atoms with Gasteiger partial charge in [-0.1, -0.05) is 35.9 Å². The van der Waals surface area contributed by atoms with Crippen LogP contribution in [0.5, 0.6) is 0 Å². The molecule has 2 heterocycles. The van der Waals surface area contributed by atoms with Crippen LogP contribution in [-0.4, -0.2) is 15.9 Å². The van der Waals surface area contributed by atoms with Gasteiger partial charge in [-0.05, 0) is 66.9 Å². The molecule has 0 saturated heterocycles. The molecule has 188 valence electrons. The molecule has 0 unspecified atom stereocenters. The Morgan fingerprint density at radius 2 is 1.81 bits per heavy atom. The number of pyridine rings is 1. The zero-order chi connectivity index (χ0) is 26.2. The average molecular weight is 526 g/mol. The standard InChI is InChI=1S/C28H20ClF4N3O/c29-21-11-9-17(28(31,32)33)14-25(21)35-26(37)7-3-5-19-20-15-18(30)10-13-23(20)36-27(19)24-12-8-16-4-1-2-6-22(16)34-24/h1-2,4,6,8-15,36H,3,5,7H2,(H,35,37). The molecule has 0 atom stereocenters. The first-order chi connectivity index (χ1) is 17.7. The van der Waals surface area contributed by atoms with Crippen molar-refractivity contribution >= 4 is 45.0 Å². The summed E-state index contributed by atoms with van der Waals surface area (Å²) in [6.45, 7) is 0. The molecule has 2 aromatic heterocycles. The van der Waals surface area contributed by atoms with Crippen molar-refractivity contribution in [2.45, 2.75) is 25.4 Å². The number of amides is 1. The molecular formula is C28H20ClF4N3O. The molecule has 37 heavy (non-hydrogen) atoms. The van der Waals surface area contributed by atoms with E-state index in [2.05, 4.69) is 10.3 Å². The third kappa shape index (κ3) is 5.29. The van der Waals surface area contributed by atoms with Crippen LogP contribution in [0.3, 0.4) is 0 Å². The average Bonchev–Trinajstić information content (AvgIpc) is 3.22. The van der Waals surface area contributed by atoms with Gasteiger partial charge in [0.1, 0.15) is 5.82 Å². The summed E-state index contributed by atoms with van der Waals surface area (Å²) in [6.07, 6.45) is -3.75. The number of anilines is 1. The van der Waals surface area contributed by atoms with Gasteiger partial charge in [0, 0.05) is 22.7 Å². The first-order valence-corrected chi connectivity index (χ1v) is 11.9. The number of hydrogen-bond acceptors (Lipinski definition) is 2. The molecule has 0 radical (unpaired) electrons. The predicted molar refractivity (Wildman–Crippen MR) is 137 cm³/mol. The molecule has 0 bridgehead atoms.